The first-order valence-corrected chi connectivity index (χ1v) is 8.88. The molecule has 2 aliphatic rings. The van der Waals surface area contributed by atoms with Crippen molar-refractivity contribution in [1.82, 2.24) is 19.9 Å². The Morgan fingerprint density at radius 2 is 1.83 bits per heavy atom. The summed E-state index contributed by atoms with van der Waals surface area (Å²) in [6.45, 7) is 0.297. The van der Waals surface area contributed by atoms with Crippen LogP contribution >= 0.6 is 0 Å². The molecule has 126 valence electrons. The van der Waals surface area contributed by atoms with E-state index >= 15 is 0 Å². The zero-order valence-electron chi connectivity index (χ0n) is 13.7. The van der Waals surface area contributed by atoms with Gasteiger partial charge in [-0.05, 0) is 37.8 Å². The number of fused-ring (bicyclic) bond motifs is 1. The van der Waals surface area contributed by atoms with E-state index in [2.05, 4.69) is 15.2 Å². The highest BCUT2D eigenvalue weighted by molar-refractivity contribution is 5.78. The summed E-state index contributed by atoms with van der Waals surface area (Å²) < 4.78 is 1.32. The number of carbonyl (C=O) groups excluding carboxylic acids is 1. The zero-order valence-corrected chi connectivity index (χ0v) is 13.7. The maximum Gasteiger partial charge on any atom is 0.277 e. The second-order valence-electron chi connectivity index (χ2n) is 6.86. The van der Waals surface area contributed by atoms with Crippen LogP contribution in [0.2, 0.25) is 0 Å². The number of aryl methyl sites for hydroxylation is 1. The van der Waals surface area contributed by atoms with Gasteiger partial charge in [-0.1, -0.05) is 30.2 Å². The fourth-order valence-corrected chi connectivity index (χ4v) is 3.74. The van der Waals surface area contributed by atoms with Gasteiger partial charge in [0.1, 0.15) is 5.52 Å². The summed E-state index contributed by atoms with van der Waals surface area (Å²) in [5, 5.41) is 8.61. The number of nitrogens with zero attached hydrogens (tertiary/aromatic N) is 4. The summed E-state index contributed by atoms with van der Waals surface area (Å²) in [5.74, 6) is 0.159. The van der Waals surface area contributed by atoms with Gasteiger partial charge in [0, 0.05) is 18.5 Å². The summed E-state index contributed by atoms with van der Waals surface area (Å²) in [4.78, 5) is 27.3. The average Bonchev–Trinajstić information content (AvgIpc) is 3.28. The van der Waals surface area contributed by atoms with Crippen molar-refractivity contribution in [3.05, 3.63) is 34.6 Å². The molecule has 1 amide bonds. The Hall–Kier alpha value is -2.24. The summed E-state index contributed by atoms with van der Waals surface area (Å²) >= 11 is 0. The molecule has 2 fully saturated rings. The van der Waals surface area contributed by atoms with Crippen molar-refractivity contribution in [3.63, 3.8) is 0 Å². The highest BCUT2D eigenvalue weighted by Crippen LogP contribution is 2.34. The molecule has 2 aromatic rings. The van der Waals surface area contributed by atoms with Crippen LogP contribution in [0.4, 0.5) is 0 Å². The van der Waals surface area contributed by atoms with E-state index in [1.165, 1.54) is 17.5 Å². The van der Waals surface area contributed by atoms with Gasteiger partial charge in [0.15, 0.2) is 0 Å². The van der Waals surface area contributed by atoms with Crippen LogP contribution in [0.3, 0.4) is 0 Å². The lowest BCUT2D eigenvalue weighted by Crippen LogP contribution is -2.41. The van der Waals surface area contributed by atoms with E-state index in [0.29, 0.717) is 36.0 Å². The van der Waals surface area contributed by atoms with E-state index in [0.717, 1.165) is 25.7 Å². The predicted molar refractivity (Wildman–Crippen MR) is 90.5 cm³/mol. The molecule has 0 unspecified atom stereocenters. The number of hydrogen-bond acceptors (Lipinski definition) is 4. The predicted octanol–water partition coefficient (Wildman–Crippen LogP) is 2.12. The Morgan fingerprint density at radius 1 is 1.12 bits per heavy atom. The van der Waals surface area contributed by atoms with E-state index in [1.807, 2.05) is 12.1 Å². The van der Waals surface area contributed by atoms with Gasteiger partial charge in [-0.15, -0.1) is 5.10 Å². The lowest BCUT2D eigenvalue weighted by atomic mass is 10.2. The SMILES string of the molecule is O=C(CCn1nnc2ccccc2c1=O)N(C1CCCC1)C1CC1. The van der Waals surface area contributed by atoms with Gasteiger partial charge < -0.3 is 4.90 Å². The molecule has 4 rings (SSSR count). The van der Waals surface area contributed by atoms with Crippen LogP contribution in [0.5, 0.6) is 0 Å². The van der Waals surface area contributed by atoms with Crippen molar-refractivity contribution in [1.29, 1.82) is 0 Å². The molecule has 6 nitrogen and oxygen atoms in total. The van der Waals surface area contributed by atoms with Crippen molar-refractivity contribution >= 4 is 16.8 Å². The maximum absolute atomic E-state index is 12.7. The van der Waals surface area contributed by atoms with Gasteiger partial charge in [-0.25, -0.2) is 4.68 Å². The minimum absolute atomic E-state index is 0.159. The minimum atomic E-state index is -0.174. The summed E-state index contributed by atoms with van der Waals surface area (Å²) in [5.41, 5.74) is 0.419. The number of benzene rings is 1. The van der Waals surface area contributed by atoms with Crippen LogP contribution in [0.1, 0.15) is 44.9 Å². The van der Waals surface area contributed by atoms with Crippen molar-refractivity contribution in [3.8, 4) is 0 Å². The van der Waals surface area contributed by atoms with Crippen LogP contribution in [0.25, 0.3) is 10.9 Å². The molecule has 0 atom stereocenters. The molecule has 1 aromatic heterocycles. The molecule has 0 bridgehead atoms. The molecule has 0 aliphatic heterocycles. The van der Waals surface area contributed by atoms with E-state index < -0.39 is 0 Å². The lowest BCUT2D eigenvalue weighted by molar-refractivity contribution is -0.134. The van der Waals surface area contributed by atoms with E-state index in [9.17, 15) is 9.59 Å². The summed E-state index contributed by atoms with van der Waals surface area (Å²) in [6.07, 6.45) is 7.25. The summed E-state index contributed by atoms with van der Waals surface area (Å²) in [6, 6.07) is 8.01. The Morgan fingerprint density at radius 3 is 2.58 bits per heavy atom. The van der Waals surface area contributed by atoms with Gasteiger partial charge in [-0.3, -0.25) is 9.59 Å². The molecule has 2 aliphatic carbocycles. The normalized spacial score (nSPS) is 18.2. The Balaban J connectivity index is 1.48. The topological polar surface area (TPSA) is 68.1 Å². The highest BCUT2D eigenvalue weighted by atomic mass is 16.2. The lowest BCUT2D eigenvalue weighted by Gasteiger charge is -2.29. The van der Waals surface area contributed by atoms with Crippen LogP contribution < -0.4 is 5.56 Å². The minimum Gasteiger partial charge on any atom is -0.337 e. The Kier molecular flexibility index (Phi) is 4.04. The Labute approximate surface area is 140 Å². The standard InChI is InChI=1S/C18H22N4O2/c23-17(22(14-9-10-14)13-5-1-2-6-13)11-12-21-18(24)15-7-3-4-8-16(15)19-20-21/h3-4,7-8,13-14H,1-2,5-6,9-12H2. The third kappa shape index (κ3) is 2.92. The maximum atomic E-state index is 12.7. The fourth-order valence-electron chi connectivity index (χ4n) is 3.74. The largest absolute Gasteiger partial charge is 0.337 e. The van der Waals surface area contributed by atoms with Crippen LogP contribution in [-0.2, 0) is 11.3 Å². The van der Waals surface area contributed by atoms with Crippen LogP contribution in [0.15, 0.2) is 29.1 Å². The molecule has 2 saturated carbocycles. The first kappa shape index (κ1) is 15.3. The van der Waals surface area contributed by atoms with Crippen molar-refractivity contribution < 1.29 is 4.79 Å². The quantitative estimate of drug-likeness (QED) is 0.844. The number of hydrogen-bond donors (Lipinski definition) is 0. The smallest absolute Gasteiger partial charge is 0.277 e. The molecular formula is C18H22N4O2. The molecule has 0 spiro atoms. The molecule has 1 aromatic carbocycles. The van der Waals surface area contributed by atoms with Crippen molar-refractivity contribution in [2.24, 2.45) is 0 Å². The zero-order chi connectivity index (χ0) is 16.5. The van der Waals surface area contributed by atoms with Gasteiger partial charge in [0.2, 0.25) is 5.91 Å². The Bertz CT molecular complexity index is 806. The second kappa shape index (κ2) is 6.34. The molecule has 0 N–H and O–H groups in total. The van der Waals surface area contributed by atoms with Crippen LogP contribution in [0, 0.1) is 0 Å². The number of aromatic nitrogens is 3. The molecule has 24 heavy (non-hydrogen) atoms. The highest BCUT2D eigenvalue weighted by Gasteiger charge is 2.37. The molecule has 6 heteroatoms. The van der Waals surface area contributed by atoms with Crippen LogP contribution in [-0.4, -0.2) is 37.9 Å². The molecular weight excluding hydrogens is 304 g/mol. The number of carbonyl (C=O) groups is 1. The van der Waals surface area contributed by atoms with E-state index in [1.54, 1.807) is 12.1 Å². The molecule has 1 heterocycles. The first-order chi connectivity index (χ1) is 11.7. The van der Waals surface area contributed by atoms with Crippen molar-refractivity contribution in [2.45, 2.75) is 63.6 Å². The van der Waals surface area contributed by atoms with E-state index in [4.69, 9.17) is 0 Å². The van der Waals surface area contributed by atoms with Crippen molar-refractivity contribution in [2.75, 3.05) is 0 Å². The third-order valence-electron chi connectivity index (χ3n) is 5.11. The fraction of sp³-hybridized carbons (Fsp3) is 0.556. The number of amides is 1. The third-order valence-corrected chi connectivity index (χ3v) is 5.11. The van der Waals surface area contributed by atoms with E-state index in [-0.39, 0.29) is 11.5 Å². The van der Waals surface area contributed by atoms with Gasteiger partial charge >= 0.3 is 0 Å². The molecule has 0 saturated heterocycles. The summed E-state index contributed by atoms with van der Waals surface area (Å²) in [7, 11) is 0. The first-order valence-electron chi connectivity index (χ1n) is 8.88. The average molecular weight is 326 g/mol. The van der Waals surface area contributed by atoms with Gasteiger partial charge in [0.05, 0.1) is 11.9 Å². The van der Waals surface area contributed by atoms with Gasteiger partial charge in [0.25, 0.3) is 5.56 Å². The monoisotopic (exact) mass is 326 g/mol. The van der Waals surface area contributed by atoms with Gasteiger partial charge in [-0.2, -0.15) is 0 Å². The molecule has 0 radical (unpaired) electrons. The second-order valence-corrected chi connectivity index (χ2v) is 6.86. The number of rotatable bonds is 5.